The second-order valence-corrected chi connectivity index (χ2v) is 6.22. The van der Waals surface area contributed by atoms with E-state index in [2.05, 4.69) is 5.32 Å². The molecule has 5 nitrogen and oxygen atoms in total. The van der Waals surface area contributed by atoms with E-state index >= 15 is 0 Å². The first-order valence-corrected chi connectivity index (χ1v) is 8.73. The van der Waals surface area contributed by atoms with Gasteiger partial charge in [0.2, 0.25) is 0 Å². The van der Waals surface area contributed by atoms with E-state index in [0.717, 1.165) is 5.39 Å². The molecule has 28 heavy (non-hydrogen) atoms. The molecule has 0 aliphatic rings. The highest BCUT2D eigenvalue weighted by atomic mass is 16.5. The molecule has 0 fully saturated rings. The van der Waals surface area contributed by atoms with Gasteiger partial charge >= 0.3 is 5.63 Å². The van der Waals surface area contributed by atoms with Crippen molar-refractivity contribution in [2.75, 3.05) is 12.4 Å². The minimum Gasteiger partial charge on any atom is -0.496 e. The molecule has 0 aliphatic heterocycles. The number of hydrogen-bond acceptors (Lipinski definition) is 4. The quantitative estimate of drug-likeness (QED) is 0.527. The van der Waals surface area contributed by atoms with Gasteiger partial charge in [0.25, 0.3) is 5.91 Å². The van der Waals surface area contributed by atoms with Crippen LogP contribution < -0.4 is 15.7 Å². The fourth-order valence-corrected chi connectivity index (χ4v) is 3.06. The van der Waals surface area contributed by atoms with Crippen LogP contribution in [0.3, 0.4) is 0 Å². The number of hydrogen-bond donors (Lipinski definition) is 1. The molecule has 0 bridgehead atoms. The zero-order valence-electron chi connectivity index (χ0n) is 15.1. The van der Waals surface area contributed by atoms with Crippen LogP contribution in [0.1, 0.15) is 10.4 Å². The number of benzene rings is 3. The third-order valence-electron chi connectivity index (χ3n) is 4.42. The fraction of sp³-hybridized carbons (Fsp3) is 0.0435. The van der Waals surface area contributed by atoms with Crippen LogP contribution in [-0.2, 0) is 0 Å². The Bertz CT molecular complexity index is 1230. The number of para-hydroxylation sites is 2. The third-order valence-corrected chi connectivity index (χ3v) is 4.42. The molecule has 1 N–H and O–H groups in total. The minimum absolute atomic E-state index is 0.292. The van der Waals surface area contributed by atoms with Gasteiger partial charge in [-0.25, -0.2) is 4.79 Å². The molecule has 0 saturated carbocycles. The Morgan fingerprint density at radius 1 is 0.929 bits per heavy atom. The van der Waals surface area contributed by atoms with Crippen molar-refractivity contribution in [2.24, 2.45) is 0 Å². The van der Waals surface area contributed by atoms with Gasteiger partial charge in [-0.2, -0.15) is 0 Å². The summed E-state index contributed by atoms with van der Waals surface area (Å²) in [7, 11) is 1.52. The Morgan fingerprint density at radius 2 is 1.71 bits per heavy atom. The Kier molecular flexibility index (Phi) is 4.64. The van der Waals surface area contributed by atoms with Crippen LogP contribution in [0.5, 0.6) is 5.75 Å². The van der Waals surface area contributed by atoms with Crippen molar-refractivity contribution >= 4 is 22.6 Å². The molecule has 0 saturated heterocycles. The number of nitrogens with one attached hydrogen (secondary N) is 1. The molecule has 5 heteroatoms. The van der Waals surface area contributed by atoms with E-state index in [1.165, 1.54) is 7.11 Å². The molecule has 1 heterocycles. The average Bonchev–Trinajstić information content (AvgIpc) is 2.73. The first-order valence-electron chi connectivity index (χ1n) is 8.73. The number of carbonyl (C=O) groups excluding carboxylic acids is 1. The molecule has 4 rings (SSSR count). The summed E-state index contributed by atoms with van der Waals surface area (Å²) in [5.41, 5.74) is 2.22. The minimum atomic E-state index is -0.424. The molecule has 138 valence electrons. The monoisotopic (exact) mass is 371 g/mol. The SMILES string of the molecule is COc1ccccc1C(=O)Nc1cccc(-c2cc3ccccc3oc2=O)c1. The van der Waals surface area contributed by atoms with Crippen molar-refractivity contribution in [3.8, 4) is 16.9 Å². The normalized spacial score (nSPS) is 10.6. The molecule has 0 atom stereocenters. The van der Waals surface area contributed by atoms with Crippen LogP contribution in [0.15, 0.2) is 88.1 Å². The van der Waals surface area contributed by atoms with Crippen LogP contribution in [0.2, 0.25) is 0 Å². The molecule has 4 aromatic rings. The maximum absolute atomic E-state index is 12.6. The van der Waals surface area contributed by atoms with E-state index in [0.29, 0.717) is 33.7 Å². The van der Waals surface area contributed by atoms with Crippen LogP contribution >= 0.6 is 0 Å². The number of fused-ring (bicyclic) bond motifs is 1. The number of carbonyl (C=O) groups is 1. The molecule has 3 aromatic carbocycles. The van der Waals surface area contributed by atoms with Gasteiger partial charge in [0.05, 0.1) is 18.2 Å². The van der Waals surface area contributed by atoms with Gasteiger partial charge in [-0.1, -0.05) is 42.5 Å². The Hall–Kier alpha value is -3.86. The number of methoxy groups -OCH3 is 1. The van der Waals surface area contributed by atoms with E-state index < -0.39 is 5.63 Å². The number of amides is 1. The Balaban J connectivity index is 1.68. The smallest absolute Gasteiger partial charge is 0.344 e. The van der Waals surface area contributed by atoms with Gasteiger partial charge in [-0.3, -0.25) is 4.79 Å². The van der Waals surface area contributed by atoms with Crippen molar-refractivity contribution in [2.45, 2.75) is 0 Å². The van der Waals surface area contributed by atoms with Gasteiger partial charge in [0, 0.05) is 11.1 Å². The van der Waals surface area contributed by atoms with Crippen molar-refractivity contribution in [1.29, 1.82) is 0 Å². The number of rotatable bonds is 4. The van der Waals surface area contributed by atoms with Crippen molar-refractivity contribution in [1.82, 2.24) is 0 Å². The second-order valence-electron chi connectivity index (χ2n) is 6.22. The lowest BCUT2D eigenvalue weighted by molar-refractivity contribution is 0.102. The predicted molar refractivity (Wildman–Crippen MR) is 109 cm³/mol. The summed E-state index contributed by atoms with van der Waals surface area (Å²) < 4.78 is 10.6. The van der Waals surface area contributed by atoms with Crippen molar-refractivity contribution in [3.05, 3.63) is 94.8 Å². The van der Waals surface area contributed by atoms with Gasteiger partial charge < -0.3 is 14.5 Å². The highest BCUT2D eigenvalue weighted by molar-refractivity contribution is 6.06. The first-order chi connectivity index (χ1) is 13.7. The summed E-state index contributed by atoms with van der Waals surface area (Å²) in [6.45, 7) is 0. The number of anilines is 1. The summed E-state index contributed by atoms with van der Waals surface area (Å²) in [5.74, 6) is 0.200. The highest BCUT2D eigenvalue weighted by Crippen LogP contribution is 2.25. The van der Waals surface area contributed by atoms with E-state index in [9.17, 15) is 9.59 Å². The summed E-state index contributed by atoms with van der Waals surface area (Å²) in [5, 5.41) is 3.68. The van der Waals surface area contributed by atoms with Gasteiger partial charge in [0.1, 0.15) is 11.3 Å². The van der Waals surface area contributed by atoms with Crippen molar-refractivity contribution < 1.29 is 13.9 Å². The van der Waals surface area contributed by atoms with E-state index in [-0.39, 0.29) is 5.91 Å². The molecule has 0 unspecified atom stereocenters. The van der Waals surface area contributed by atoms with Gasteiger partial charge in [0.15, 0.2) is 0 Å². The lowest BCUT2D eigenvalue weighted by Gasteiger charge is -2.10. The Labute approximate surface area is 161 Å². The topological polar surface area (TPSA) is 68.5 Å². The summed E-state index contributed by atoms with van der Waals surface area (Å²) in [6.07, 6.45) is 0. The summed E-state index contributed by atoms with van der Waals surface area (Å²) >= 11 is 0. The molecule has 0 radical (unpaired) electrons. The molecule has 0 spiro atoms. The van der Waals surface area contributed by atoms with Crippen LogP contribution in [0.4, 0.5) is 5.69 Å². The molecule has 1 amide bonds. The van der Waals surface area contributed by atoms with Gasteiger partial charge in [-0.05, 0) is 42.0 Å². The molecular weight excluding hydrogens is 354 g/mol. The summed E-state index contributed by atoms with van der Waals surface area (Å²) in [4.78, 5) is 25.0. The van der Waals surface area contributed by atoms with E-state index in [4.69, 9.17) is 9.15 Å². The fourth-order valence-electron chi connectivity index (χ4n) is 3.06. The summed E-state index contributed by atoms with van der Waals surface area (Å²) in [6, 6.07) is 23.2. The van der Waals surface area contributed by atoms with E-state index in [1.54, 1.807) is 60.7 Å². The molecular formula is C23H17NO4. The average molecular weight is 371 g/mol. The maximum atomic E-state index is 12.6. The van der Waals surface area contributed by atoms with Crippen LogP contribution in [0, 0.1) is 0 Å². The standard InChI is InChI=1S/C23H17NO4/c1-27-21-12-5-3-10-18(21)22(25)24-17-9-6-8-15(13-17)19-14-16-7-2-4-11-20(16)28-23(19)26/h2-14H,1H3,(H,24,25). The van der Waals surface area contributed by atoms with E-state index in [1.807, 2.05) is 18.2 Å². The first kappa shape index (κ1) is 17.5. The molecule has 0 aliphatic carbocycles. The zero-order chi connectivity index (χ0) is 19.5. The highest BCUT2D eigenvalue weighted by Gasteiger charge is 2.13. The second kappa shape index (κ2) is 7.40. The lowest BCUT2D eigenvalue weighted by Crippen LogP contribution is -2.13. The van der Waals surface area contributed by atoms with Crippen molar-refractivity contribution in [3.63, 3.8) is 0 Å². The Morgan fingerprint density at radius 3 is 2.57 bits per heavy atom. The largest absolute Gasteiger partial charge is 0.496 e. The maximum Gasteiger partial charge on any atom is 0.344 e. The van der Waals surface area contributed by atoms with Crippen LogP contribution in [0.25, 0.3) is 22.1 Å². The van der Waals surface area contributed by atoms with Crippen LogP contribution in [-0.4, -0.2) is 13.0 Å². The molecule has 1 aromatic heterocycles. The zero-order valence-corrected chi connectivity index (χ0v) is 15.1. The number of ether oxygens (including phenoxy) is 1. The van der Waals surface area contributed by atoms with Gasteiger partial charge in [-0.15, -0.1) is 0 Å². The lowest BCUT2D eigenvalue weighted by atomic mass is 10.1. The third kappa shape index (κ3) is 3.38. The predicted octanol–water partition coefficient (Wildman–Crippen LogP) is 4.72.